The minimum absolute atomic E-state index is 0.101. The van der Waals surface area contributed by atoms with Crippen molar-refractivity contribution in [1.29, 1.82) is 0 Å². The fourth-order valence-electron chi connectivity index (χ4n) is 1.95. The third-order valence-electron chi connectivity index (χ3n) is 3.25. The molecule has 0 aromatic rings. The van der Waals surface area contributed by atoms with E-state index in [0.717, 1.165) is 0 Å². The number of hydrogen-bond acceptors (Lipinski definition) is 5. The van der Waals surface area contributed by atoms with E-state index in [0.29, 0.717) is 13.0 Å². The molecule has 0 saturated carbocycles. The standard InChI is InChI=1S/C11H22N2O3/c1-10(2)7-13(15)11(3,4)5-8(10)16-9(14)6-12/h8,15H,5-7,12H2,1-4H3. The summed E-state index contributed by atoms with van der Waals surface area (Å²) in [6.45, 7) is 8.16. The summed E-state index contributed by atoms with van der Waals surface area (Å²) >= 11 is 0. The first-order valence-electron chi connectivity index (χ1n) is 5.55. The van der Waals surface area contributed by atoms with E-state index in [1.54, 1.807) is 0 Å². The summed E-state index contributed by atoms with van der Waals surface area (Å²) in [5.74, 6) is -0.389. The molecule has 1 aliphatic rings. The van der Waals surface area contributed by atoms with E-state index in [-0.39, 0.29) is 29.6 Å². The van der Waals surface area contributed by atoms with Gasteiger partial charge in [-0.1, -0.05) is 13.8 Å². The van der Waals surface area contributed by atoms with Crippen LogP contribution in [0.25, 0.3) is 0 Å². The van der Waals surface area contributed by atoms with Crippen molar-refractivity contribution in [2.75, 3.05) is 13.1 Å². The molecule has 1 unspecified atom stereocenters. The van der Waals surface area contributed by atoms with Crippen molar-refractivity contribution in [1.82, 2.24) is 5.06 Å². The fourth-order valence-corrected chi connectivity index (χ4v) is 1.95. The third-order valence-corrected chi connectivity index (χ3v) is 3.25. The van der Waals surface area contributed by atoms with Crippen molar-refractivity contribution < 1.29 is 14.7 Å². The lowest BCUT2D eigenvalue weighted by Gasteiger charge is -2.49. The second-order valence-corrected chi connectivity index (χ2v) is 5.75. The Morgan fingerprint density at radius 3 is 2.56 bits per heavy atom. The average Bonchev–Trinajstić information content (AvgIpc) is 2.13. The molecule has 0 aromatic heterocycles. The molecule has 5 nitrogen and oxygen atoms in total. The molecule has 1 rings (SSSR count). The number of nitrogens with zero attached hydrogens (tertiary/aromatic N) is 1. The van der Waals surface area contributed by atoms with E-state index in [4.69, 9.17) is 10.5 Å². The predicted molar refractivity (Wildman–Crippen MR) is 59.9 cm³/mol. The maximum absolute atomic E-state index is 11.2. The third kappa shape index (κ3) is 2.72. The number of hydroxylamine groups is 2. The van der Waals surface area contributed by atoms with E-state index in [9.17, 15) is 10.0 Å². The normalized spacial score (nSPS) is 28.8. The van der Waals surface area contributed by atoms with Crippen LogP contribution in [0.15, 0.2) is 0 Å². The highest BCUT2D eigenvalue weighted by Crippen LogP contribution is 2.38. The number of piperidine rings is 1. The molecule has 16 heavy (non-hydrogen) atoms. The molecule has 1 fully saturated rings. The average molecular weight is 230 g/mol. The van der Waals surface area contributed by atoms with Crippen molar-refractivity contribution in [2.45, 2.75) is 45.8 Å². The van der Waals surface area contributed by atoms with Crippen molar-refractivity contribution in [3.63, 3.8) is 0 Å². The molecule has 3 N–H and O–H groups in total. The maximum Gasteiger partial charge on any atom is 0.319 e. The summed E-state index contributed by atoms with van der Waals surface area (Å²) < 4.78 is 5.34. The number of nitrogens with two attached hydrogens (primary N) is 1. The molecule has 0 amide bonds. The molecule has 5 heteroatoms. The van der Waals surface area contributed by atoms with Gasteiger partial charge < -0.3 is 15.7 Å². The molecule has 1 heterocycles. The predicted octanol–water partition coefficient (Wildman–Crippen LogP) is 0.757. The smallest absolute Gasteiger partial charge is 0.319 e. The molecule has 1 atom stereocenters. The van der Waals surface area contributed by atoms with Crippen LogP contribution >= 0.6 is 0 Å². The molecule has 1 aliphatic heterocycles. The van der Waals surface area contributed by atoms with Gasteiger partial charge in [-0.15, -0.1) is 0 Å². The van der Waals surface area contributed by atoms with Gasteiger partial charge in [0.05, 0.1) is 6.54 Å². The SMILES string of the molecule is CC1(C)CN(O)C(C)(C)CC1OC(=O)CN. The number of hydrogen-bond donors (Lipinski definition) is 2. The van der Waals surface area contributed by atoms with E-state index < -0.39 is 0 Å². The van der Waals surface area contributed by atoms with E-state index in [1.807, 2.05) is 27.7 Å². The minimum Gasteiger partial charge on any atom is -0.461 e. The van der Waals surface area contributed by atoms with Gasteiger partial charge in [0.15, 0.2) is 0 Å². The minimum atomic E-state index is -0.389. The number of carbonyl (C=O) groups excluding carboxylic acids is 1. The van der Waals surface area contributed by atoms with E-state index in [1.165, 1.54) is 5.06 Å². The second-order valence-electron chi connectivity index (χ2n) is 5.75. The second kappa shape index (κ2) is 4.31. The fraction of sp³-hybridized carbons (Fsp3) is 0.909. The number of rotatable bonds is 2. The van der Waals surface area contributed by atoms with Crippen LogP contribution in [0.5, 0.6) is 0 Å². The van der Waals surface area contributed by atoms with Crippen LogP contribution in [0.1, 0.15) is 34.1 Å². The van der Waals surface area contributed by atoms with Gasteiger partial charge in [-0.2, -0.15) is 5.06 Å². The summed E-state index contributed by atoms with van der Waals surface area (Å²) in [5.41, 5.74) is 4.59. The molecule has 0 radical (unpaired) electrons. The Morgan fingerprint density at radius 2 is 2.06 bits per heavy atom. The lowest BCUT2D eigenvalue weighted by molar-refractivity contribution is -0.234. The Balaban J connectivity index is 2.78. The quantitative estimate of drug-likeness (QED) is 0.685. The van der Waals surface area contributed by atoms with Gasteiger partial charge in [-0.25, -0.2) is 0 Å². The molecular weight excluding hydrogens is 208 g/mol. The highest BCUT2D eigenvalue weighted by Gasteiger charge is 2.46. The van der Waals surface area contributed by atoms with E-state index >= 15 is 0 Å². The van der Waals surface area contributed by atoms with Crippen molar-refractivity contribution in [2.24, 2.45) is 11.1 Å². The Labute approximate surface area is 96.5 Å². The Morgan fingerprint density at radius 1 is 1.50 bits per heavy atom. The highest BCUT2D eigenvalue weighted by molar-refractivity contribution is 5.71. The van der Waals surface area contributed by atoms with Crippen molar-refractivity contribution in [3.05, 3.63) is 0 Å². The summed E-state index contributed by atoms with van der Waals surface area (Å²) in [6, 6.07) is 0. The highest BCUT2D eigenvalue weighted by atomic mass is 16.5. The van der Waals surface area contributed by atoms with Crippen LogP contribution in [0.2, 0.25) is 0 Å². The lowest BCUT2D eigenvalue weighted by Crippen LogP contribution is -2.58. The largest absolute Gasteiger partial charge is 0.461 e. The molecule has 0 aliphatic carbocycles. The molecule has 94 valence electrons. The van der Waals surface area contributed by atoms with Gasteiger partial charge in [-0.05, 0) is 13.8 Å². The summed E-state index contributed by atoms with van der Waals surface area (Å²) in [7, 11) is 0. The van der Waals surface area contributed by atoms with E-state index in [2.05, 4.69) is 0 Å². The van der Waals surface area contributed by atoms with Gasteiger partial charge in [0.1, 0.15) is 6.10 Å². The van der Waals surface area contributed by atoms with Gasteiger partial charge in [0, 0.05) is 23.9 Å². The number of carbonyl (C=O) groups is 1. The first-order valence-corrected chi connectivity index (χ1v) is 5.55. The van der Waals surface area contributed by atoms with Crippen molar-refractivity contribution >= 4 is 5.97 Å². The summed E-state index contributed by atoms with van der Waals surface area (Å²) in [6.07, 6.45) is 0.393. The van der Waals surface area contributed by atoms with Crippen LogP contribution in [0.3, 0.4) is 0 Å². The lowest BCUT2D eigenvalue weighted by atomic mass is 9.75. The zero-order valence-electron chi connectivity index (χ0n) is 10.5. The first kappa shape index (κ1) is 13.4. The van der Waals surface area contributed by atoms with Crippen LogP contribution in [0.4, 0.5) is 0 Å². The van der Waals surface area contributed by atoms with Crippen LogP contribution in [0, 0.1) is 5.41 Å². The van der Waals surface area contributed by atoms with Gasteiger partial charge >= 0.3 is 5.97 Å². The molecule has 0 bridgehead atoms. The van der Waals surface area contributed by atoms with Gasteiger partial charge in [0.2, 0.25) is 0 Å². The maximum atomic E-state index is 11.2. The number of ether oxygens (including phenoxy) is 1. The zero-order chi connectivity index (χ0) is 12.6. The molecular formula is C11H22N2O3. The Kier molecular flexibility index (Phi) is 3.62. The van der Waals surface area contributed by atoms with Crippen LogP contribution in [-0.4, -0.2) is 41.0 Å². The number of esters is 1. The summed E-state index contributed by atoms with van der Waals surface area (Å²) in [5, 5.41) is 11.2. The first-order chi connectivity index (χ1) is 7.19. The molecule has 1 saturated heterocycles. The van der Waals surface area contributed by atoms with Gasteiger partial charge in [0.25, 0.3) is 0 Å². The Hall–Kier alpha value is -0.650. The monoisotopic (exact) mass is 230 g/mol. The topological polar surface area (TPSA) is 75.8 Å². The van der Waals surface area contributed by atoms with Gasteiger partial charge in [-0.3, -0.25) is 4.79 Å². The van der Waals surface area contributed by atoms with Crippen LogP contribution in [-0.2, 0) is 9.53 Å². The van der Waals surface area contributed by atoms with Crippen LogP contribution < -0.4 is 5.73 Å². The zero-order valence-corrected chi connectivity index (χ0v) is 10.5. The molecule has 0 spiro atoms. The summed E-state index contributed by atoms with van der Waals surface area (Å²) in [4.78, 5) is 11.2. The Bertz CT molecular complexity index is 276. The molecule has 0 aromatic carbocycles. The van der Waals surface area contributed by atoms with Crippen molar-refractivity contribution in [3.8, 4) is 0 Å².